The van der Waals surface area contributed by atoms with E-state index in [-0.39, 0.29) is 10.9 Å². The molecule has 0 fully saturated rings. The summed E-state index contributed by atoms with van der Waals surface area (Å²) in [6.07, 6.45) is 1.66. The van der Waals surface area contributed by atoms with Gasteiger partial charge in [-0.3, -0.25) is 0 Å². The van der Waals surface area contributed by atoms with Gasteiger partial charge in [0.15, 0.2) is 0 Å². The standard InChI is InChI=1S/C16H14N2O2S/c17-11-12-5-8-14(9-6-12)21(19,20)18-16-10-7-13-3-1-2-4-15(13)16/h1-6,8-9,16,18H,7,10H2/t16-/m1/s1. The van der Waals surface area contributed by atoms with Crippen molar-refractivity contribution >= 4 is 10.0 Å². The van der Waals surface area contributed by atoms with Crippen LogP contribution in [0.2, 0.25) is 0 Å². The highest BCUT2D eigenvalue weighted by molar-refractivity contribution is 7.89. The fourth-order valence-corrected chi connectivity index (χ4v) is 3.89. The molecule has 1 N–H and O–H groups in total. The van der Waals surface area contributed by atoms with E-state index in [0.717, 1.165) is 18.4 Å². The van der Waals surface area contributed by atoms with Crippen LogP contribution in [0, 0.1) is 11.3 Å². The van der Waals surface area contributed by atoms with E-state index in [1.54, 1.807) is 0 Å². The van der Waals surface area contributed by atoms with Crippen LogP contribution in [-0.2, 0) is 16.4 Å². The second kappa shape index (κ2) is 5.32. The van der Waals surface area contributed by atoms with Crippen LogP contribution in [0.5, 0.6) is 0 Å². The van der Waals surface area contributed by atoms with Crippen LogP contribution < -0.4 is 4.72 Å². The summed E-state index contributed by atoms with van der Waals surface area (Å²) in [4.78, 5) is 0.186. The minimum absolute atomic E-state index is 0.179. The molecule has 21 heavy (non-hydrogen) atoms. The number of nitriles is 1. The van der Waals surface area contributed by atoms with E-state index in [1.165, 1.54) is 29.8 Å². The summed E-state index contributed by atoms with van der Waals surface area (Å²) in [7, 11) is -3.57. The summed E-state index contributed by atoms with van der Waals surface area (Å²) in [5.41, 5.74) is 2.69. The average Bonchev–Trinajstić information content (AvgIpc) is 2.90. The molecule has 1 aliphatic rings. The molecule has 2 aromatic carbocycles. The normalized spacial score (nSPS) is 17.2. The Bertz CT molecular complexity index is 805. The SMILES string of the molecule is N#Cc1ccc(S(=O)(=O)N[C@@H]2CCc3ccccc32)cc1. The zero-order chi connectivity index (χ0) is 14.9. The third kappa shape index (κ3) is 2.68. The van der Waals surface area contributed by atoms with Gasteiger partial charge in [0.2, 0.25) is 10.0 Å². The monoisotopic (exact) mass is 298 g/mol. The Hall–Kier alpha value is -2.16. The molecule has 0 unspecified atom stereocenters. The van der Waals surface area contributed by atoms with Crippen LogP contribution >= 0.6 is 0 Å². The summed E-state index contributed by atoms with van der Waals surface area (Å²) >= 11 is 0. The molecule has 3 rings (SSSR count). The van der Waals surface area contributed by atoms with Gasteiger partial charge in [0.05, 0.1) is 16.5 Å². The molecule has 0 radical (unpaired) electrons. The summed E-state index contributed by atoms with van der Waals surface area (Å²) in [5, 5.41) is 8.76. The molecule has 1 aliphatic carbocycles. The number of rotatable bonds is 3. The topological polar surface area (TPSA) is 70.0 Å². The van der Waals surface area contributed by atoms with Crippen LogP contribution in [0.25, 0.3) is 0 Å². The number of fused-ring (bicyclic) bond motifs is 1. The Morgan fingerprint density at radius 2 is 1.81 bits per heavy atom. The van der Waals surface area contributed by atoms with Crippen LogP contribution in [0.3, 0.4) is 0 Å². The fourth-order valence-electron chi connectivity index (χ4n) is 2.64. The molecule has 5 heteroatoms. The lowest BCUT2D eigenvalue weighted by atomic mass is 10.1. The quantitative estimate of drug-likeness (QED) is 0.946. The predicted molar refractivity (Wildman–Crippen MR) is 79.0 cm³/mol. The van der Waals surface area contributed by atoms with Gasteiger partial charge in [-0.25, -0.2) is 13.1 Å². The third-order valence-electron chi connectivity index (χ3n) is 3.72. The Balaban J connectivity index is 1.86. The molecule has 1 atom stereocenters. The molecule has 4 nitrogen and oxygen atoms in total. The first-order chi connectivity index (χ1) is 10.1. The molecule has 0 amide bonds. The van der Waals surface area contributed by atoms with Crippen LogP contribution in [0.4, 0.5) is 0 Å². The van der Waals surface area contributed by atoms with Crippen molar-refractivity contribution in [1.82, 2.24) is 4.72 Å². The van der Waals surface area contributed by atoms with Gasteiger partial charge < -0.3 is 0 Å². The van der Waals surface area contributed by atoms with E-state index in [2.05, 4.69) is 4.72 Å². The Kier molecular flexibility index (Phi) is 3.50. The molecule has 0 heterocycles. The van der Waals surface area contributed by atoms with Gasteiger partial charge in [-0.05, 0) is 48.2 Å². The van der Waals surface area contributed by atoms with E-state index in [1.807, 2.05) is 30.3 Å². The molecule has 106 valence electrons. The average molecular weight is 298 g/mol. The highest BCUT2D eigenvalue weighted by atomic mass is 32.2. The lowest BCUT2D eigenvalue weighted by Gasteiger charge is -2.14. The maximum Gasteiger partial charge on any atom is 0.241 e. The number of hydrogen-bond acceptors (Lipinski definition) is 3. The summed E-state index contributed by atoms with van der Waals surface area (Å²) in [6, 6.07) is 15.6. The van der Waals surface area contributed by atoms with Crippen molar-refractivity contribution in [2.24, 2.45) is 0 Å². The van der Waals surface area contributed by atoms with Gasteiger partial charge in [0.25, 0.3) is 0 Å². The van der Waals surface area contributed by atoms with Crippen LogP contribution in [0.1, 0.15) is 29.2 Å². The van der Waals surface area contributed by atoms with Crippen molar-refractivity contribution < 1.29 is 8.42 Å². The van der Waals surface area contributed by atoms with Gasteiger partial charge in [-0.1, -0.05) is 24.3 Å². The second-order valence-electron chi connectivity index (χ2n) is 5.05. The molecule has 2 aromatic rings. The molecule has 0 saturated carbocycles. The maximum atomic E-state index is 12.4. The van der Waals surface area contributed by atoms with Crippen molar-refractivity contribution in [3.05, 3.63) is 65.2 Å². The Morgan fingerprint density at radius 3 is 2.52 bits per heavy atom. The summed E-state index contributed by atoms with van der Waals surface area (Å²) < 4.78 is 27.6. The maximum absolute atomic E-state index is 12.4. The highest BCUT2D eigenvalue weighted by Gasteiger charge is 2.27. The lowest BCUT2D eigenvalue weighted by Crippen LogP contribution is -2.27. The van der Waals surface area contributed by atoms with Gasteiger partial charge in [-0.15, -0.1) is 0 Å². The van der Waals surface area contributed by atoms with Crippen molar-refractivity contribution in [1.29, 1.82) is 5.26 Å². The second-order valence-corrected chi connectivity index (χ2v) is 6.76. The molecule has 0 saturated heterocycles. The van der Waals surface area contributed by atoms with Crippen molar-refractivity contribution in [3.63, 3.8) is 0 Å². The van der Waals surface area contributed by atoms with Crippen LogP contribution in [-0.4, -0.2) is 8.42 Å². The van der Waals surface area contributed by atoms with Crippen LogP contribution in [0.15, 0.2) is 53.4 Å². The highest BCUT2D eigenvalue weighted by Crippen LogP contribution is 2.31. The summed E-state index contributed by atoms with van der Waals surface area (Å²) in [5.74, 6) is 0. The van der Waals surface area contributed by atoms with Gasteiger partial charge in [0, 0.05) is 6.04 Å². The minimum atomic E-state index is -3.57. The Labute approximate surface area is 124 Å². The van der Waals surface area contributed by atoms with E-state index in [4.69, 9.17) is 5.26 Å². The zero-order valence-electron chi connectivity index (χ0n) is 11.3. The van der Waals surface area contributed by atoms with Crippen molar-refractivity contribution in [3.8, 4) is 6.07 Å². The summed E-state index contributed by atoms with van der Waals surface area (Å²) in [6.45, 7) is 0. The van der Waals surface area contributed by atoms with E-state index in [0.29, 0.717) is 5.56 Å². The number of nitrogens with zero attached hydrogens (tertiary/aromatic N) is 1. The van der Waals surface area contributed by atoms with E-state index >= 15 is 0 Å². The van der Waals surface area contributed by atoms with Gasteiger partial charge in [0.1, 0.15) is 0 Å². The lowest BCUT2D eigenvalue weighted by molar-refractivity contribution is 0.554. The predicted octanol–water partition coefficient (Wildman–Crippen LogP) is 2.52. The molecule has 0 aromatic heterocycles. The molecule has 0 spiro atoms. The first-order valence-electron chi connectivity index (χ1n) is 6.70. The van der Waals surface area contributed by atoms with Crippen molar-refractivity contribution in [2.45, 2.75) is 23.8 Å². The van der Waals surface area contributed by atoms with Crippen molar-refractivity contribution in [2.75, 3.05) is 0 Å². The minimum Gasteiger partial charge on any atom is -0.207 e. The third-order valence-corrected chi connectivity index (χ3v) is 5.21. The zero-order valence-corrected chi connectivity index (χ0v) is 12.1. The largest absolute Gasteiger partial charge is 0.241 e. The van der Waals surface area contributed by atoms with Gasteiger partial charge >= 0.3 is 0 Å². The Morgan fingerprint density at radius 1 is 1.10 bits per heavy atom. The number of sulfonamides is 1. The first kappa shape index (κ1) is 13.8. The molecular formula is C16H14N2O2S. The fraction of sp³-hybridized carbons (Fsp3) is 0.188. The number of aryl methyl sites for hydroxylation is 1. The number of hydrogen-bond donors (Lipinski definition) is 1. The van der Waals surface area contributed by atoms with E-state index < -0.39 is 10.0 Å². The molecule has 0 bridgehead atoms. The van der Waals surface area contributed by atoms with Gasteiger partial charge in [-0.2, -0.15) is 5.26 Å². The number of benzene rings is 2. The van der Waals surface area contributed by atoms with E-state index in [9.17, 15) is 8.42 Å². The molecular weight excluding hydrogens is 284 g/mol. The number of nitrogens with one attached hydrogen (secondary N) is 1. The molecule has 0 aliphatic heterocycles. The smallest absolute Gasteiger partial charge is 0.207 e. The first-order valence-corrected chi connectivity index (χ1v) is 8.19.